The Kier molecular flexibility index (Phi) is 4.66. The lowest BCUT2D eigenvalue weighted by atomic mass is 9.97. The van der Waals surface area contributed by atoms with Crippen LogP contribution in [0.15, 0.2) is 18.5 Å². The third-order valence-corrected chi connectivity index (χ3v) is 4.54. The molecule has 0 aliphatic carbocycles. The van der Waals surface area contributed by atoms with Crippen LogP contribution in [0.2, 0.25) is 5.02 Å². The molecular weight excluding hydrogens is 284 g/mol. The SMILES string of the molecule is CCCN1CCC[C@H](CNc2c(Cl)cnc3[nH]ccc23)C1. The fraction of sp³-hybridized carbons (Fsp3) is 0.562. The summed E-state index contributed by atoms with van der Waals surface area (Å²) in [5.74, 6) is 0.698. The van der Waals surface area contributed by atoms with Gasteiger partial charge in [0.25, 0.3) is 0 Å². The number of anilines is 1. The maximum absolute atomic E-state index is 6.31. The molecule has 0 unspecified atom stereocenters. The van der Waals surface area contributed by atoms with Crippen LogP contribution in [0.3, 0.4) is 0 Å². The lowest BCUT2D eigenvalue weighted by Crippen LogP contribution is -2.38. The zero-order valence-corrected chi connectivity index (χ0v) is 13.3. The molecule has 0 bridgehead atoms. The standard InChI is InChI=1S/C16H23ClN4/c1-2-7-21-8-3-4-12(11-21)9-19-15-13-5-6-18-16(13)20-10-14(15)17/h5-6,10,12H,2-4,7-9,11H2,1H3,(H2,18,19,20)/t12-/m1/s1. The summed E-state index contributed by atoms with van der Waals surface area (Å²) >= 11 is 6.31. The predicted molar refractivity (Wildman–Crippen MR) is 89.0 cm³/mol. The van der Waals surface area contributed by atoms with Gasteiger partial charge in [-0.1, -0.05) is 18.5 Å². The second-order valence-electron chi connectivity index (χ2n) is 5.91. The Labute approximate surface area is 130 Å². The Morgan fingerprint density at radius 1 is 1.52 bits per heavy atom. The van der Waals surface area contributed by atoms with Gasteiger partial charge in [-0.25, -0.2) is 4.98 Å². The minimum atomic E-state index is 0.698. The van der Waals surface area contributed by atoms with Crippen LogP contribution >= 0.6 is 11.6 Å². The van der Waals surface area contributed by atoms with E-state index in [0.717, 1.165) is 23.3 Å². The van der Waals surface area contributed by atoms with Gasteiger partial charge in [-0.3, -0.25) is 0 Å². The van der Waals surface area contributed by atoms with Gasteiger partial charge in [-0.15, -0.1) is 0 Å². The molecule has 3 heterocycles. The van der Waals surface area contributed by atoms with E-state index in [9.17, 15) is 0 Å². The minimum Gasteiger partial charge on any atom is -0.383 e. The number of fused-ring (bicyclic) bond motifs is 1. The number of piperidine rings is 1. The van der Waals surface area contributed by atoms with Crippen molar-refractivity contribution in [1.29, 1.82) is 0 Å². The summed E-state index contributed by atoms with van der Waals surface area (Å²) < 4.78 is 0. The Morgan fingerprint density at radius 3 is 3.29 bits per heavy atom. The molecule has 3 rings (SSSR count). The average molecular weight is 307 g/mol. The Bertz CT molecular complexity index is 593. The van der Waals surface area contributed by atoms with Crippen LogP contribution in [0.1, 0.15) is 26.2 Å². The van der Waals surface area contributed by atoms with Gasteiger partial charge in [-0.2, -0.15) is 0 Å². The van der Waals surface area contributed by atoms with Crippen molar-refractivity contribution in [2.75, 3.05) is 31.5 Å². The van der Waals surface area contributed by atoms with Gasteiger partial charge in [0.1, 0.15) is 5.65 Å². The highest BCUT2D eigenvalue weighted by molar-refractivity contribution is 6.34. The topological polar surface area (TPSA) is 44.0 Å². The van der Waals surface area contributed by atoms with Crippen molar-refractivity contribution >= 4 is 28.3 Å². The van der Waals surface area contributed by atoms with Gasteiger partial charge < -0.3 is 15.2 Å². The van der Waals surface area contributed by atoms with E-state index in [1.165, 1.54) is 38.9 Å². The Balaban J connectivity index is 1.66. The first kappa shape index (κ1) is 14.7. The summed E-state index contributed by atoms with van der Waals surface area (Å²) in [6.45, 7) is 6.89. The summed E-state index contributed by atoms with van der Waals surface area (Å²) in [6.07, 6.45) is 7.46. The fourth-order valence-electron chi connectivity index (χ4n) is 3.25. The molecule has 0 saturated carbocycles. The Hall–Kier alpha value is -1.26. The number of hydrogen-bond donors (Lipinski definition) is 2. The van der Waals surface area contributed by atoms with E-state index in [1.54, 1.807) is 6.20 Å². The van der Waals surface area contributed by atoms with E-state index in [4.69, 9.17) is 11.6 Å². The molecule has 0 radical (unpaired) electrons. The van der Waals surface area contributed by atoms with Crippen molar-refractivity contribution in [2.24, 2.45) is 5.92 Å². The molecule has 1 saturated heterocycles. The summed E-state index contributed by atoms with van der Waals surface area (Å²) in [5, 5.41) is 5.33. The highest BCUT2D eigenvalue weighted by atomic mass is 35.5. The van der Waals surface area contributed by atoms with E-state index in [-0.39, 0.29) is 0 Å². The number of H-pyrrole nitrogens is 1. The van der Waals surface area contributed by atoms with Crippen LogP contribution in [0.25, 0.3) is 11.0 Å². The third kappa shape index (κ3) is 3.33. The van der Waals surface area contributed by atoms with Gasteiger partial charge in [0, 0.05) is 24.7 Å². The summed E-state index contributed by atoms with van der Waals surface area (Å²) in [5.41, 5.74) is 1.90. The number of nitrogens with zero attached hydrogens (tertiary/aromatic N) is 2. The third-order valence-electron chi connectivity index (χ3n) is 4.25. The van der Waals surface area contributed by atoms with Crippen LogP contribution in [0.4, 0.5) is 5.69 Å². The van der Waals surface area contributed by atoms with Gasteiger partial charge in [-0.05, 0) is 44.3 Å². The molecule has 5 heteroatoms. The van der Waals surface area contributed by atoms with Crippen molar-refractivity contribution in [3.8, 4) is 0 Å². The van der Waals surface area contributed by atoms with Crippen LogP contribution in [0.5, 0.6) is 0 Å². The van der Waals surface area contributed by atoms with Crippen LogP contribution in [0, 0.1) is 5.92 Å². The second kappa shape index (κ2) is 6.67. The first-order valence-corrected chi connectivity index (χ1v) is 8.23. The van der Waals surface area contributed by atoms with Gasteiger partial charge in [0.15, 0.2) is 0 Å². The number of rotatable bonds is 5. The van der Waals surface area contributed by atoms with Crippen LogP contribution in [-0.4, -0.2) is 41.0 Å². The quantitative estimate of drug-likeness (QED) is 0.884. The highest BCUT2D eigenvalue weighted by Crippen LogP contribution is 2.29. The molecule has 0 spiro atoms. The van der Waals surface area contributed by atoms with Crippen molar-refractivity contribution < 1.29 is 0 Å². The second-order valence-corrected chi connectivity index (χ2v) is 6.32. The first-order chi connectivity index (χ1) is 10.3. The molecule has 1 fully saturated rings. The maximum Gasteiger partial charge on any atom is 0.139 e. The molecule has 1 aliphatic rings. The first-order valence-electron chi connectivity index (χ1n) is 7.85. The van der Waals surface area contributed by atoms with E-state index < -0.39 is 0 Å². The normalized spacial score (nSPS) is 20.0. The van der Waals surface area contributed by atoms with Crippen molar-refractivity contribution in [3.05, 3.63) is 23.5 Å². The number of likely N-dealkylation sites (tertiary alicyclic amines) is 1. The lowest BCUT2D eigenvalue weighted by molar-refractivity contribution is 0.181. The van der Waals surface area contributed by atoms with Crippen LogP contribution in [-0.2, 0) is 0 Å². The highest BCUT2D eigenvalue weighted by Gasteiger charge is 2.19. The molecule has 0 aromatic carbocycles. The summed E-state index contributed by atoms with van der Waals surface area (Å²) in [4.78, 5) is 10.0. The van der Waals surface area contributed by atoms with Gasteiger partial charge in [0.05, 0.1) is 16.9 Å². The molecule has 2 N–H and O–H groups in total. The van der Waals surface area contributed by atoms with E-state index in [0.29, 0.717) is 10.9 Å². The number of halogens is 1. The minimum absolute atomic E-state index is 0.698. The van der Waals surface area contributed by atoms with Crippen LogP contribution < -0.4 is 5.32 Å². The number of pyridine rings is 1. The van der Waals surface area contributed by atoms with Crippen molar-refractivity contribution in [2.45, 2.75) is 26.2 Å². The molecule has 1 atom stereocenters. The van der Waals surface area contributed by atoms with E-state index in [1.807, 2.05) is 12.3 Å². The lowest BCUT2D eigenvalue weighted by Gasteiger charge is -2.32. The molecule has 114 valence electrons. The monoisotopic (exact) mass is 306 g/mol. The number of nitrogens with one attached hydrogen (secondary N) is 2. The average Bonchev–Trinajstić information content (AvgIpc) is 2.95. The molecule has 2 aromatic rings. The smallest absolute Gasteiger partial charge is 0.139 e. The van der Waals surface area contributed by atoms with Gasteiger partial charge >= 0.3 is 0 Å². The van der Waals surface area contributed by atoms with Crippen molar-refractivity contribution in [1.82, 2.24) is 14.9 Å². The Morgan fingerprint density at radius 2 is 2.43 bits per heavy atom. The largest absolute Gasteiger partial charge is 0.383 e. The molecule has 1 aliphatic heterocycles. The number of aromatic amines is 1. The van der Waals surface area contributed by atoms with Gasteiger partial charge in [0.2, 0.25) is 0 Å². The summed E-state index contributed by atoms with van der Waals surface area (Å²) in [6, 6.07) is 2.03. The zero-order valence-electron chi connectivity index (χ0n) is 12.5. The molecule has 2 aromatic heterocycles. The maximum atomic E-state index is 6.31. The fourth-order valence-corrected chi connectivity index (χ4v) is 3.46. The molecular formula is C16H23ClN4. The number of hydrogen-bond acceptors (Lipinski definition) is 3. The van der Waals surface area contributed by atoms with Crippen molar-refractivity contribution in [3.63, 3.8) is 0 Å². The zero-order chi connectivity index (χ0) is 14.7. The summed E-state index contributed by atoms with van der Waals surface area (Å²) in [7, 11) is 0. The van der Waals surface area contributed by atoms with E-state index >= 15 is 0 Å². The molecule has 0 amide bonds. The number of aromatic nitrogens is 2. The predicted octanol–water partition coefficient (Wildman–Crippen LogP) is 3.75. The molecule has 21 heavy (non-hydrogen) atoms. The molecule has 4 nitrogen and oxygen atoms in total. The van der Waals surface area contributed by atoms with E-state index in [2.05, 4.69) is 27.1 Å².